The summed E-state index contributed by atoms with van der Waals surface area (Å²) < 4.78 is 11.1. The van der Waals surface area contributed by atoms with Gasteiger partial charge in [0.2, 0.25) is 0 Å². The van der Waals surface area contributed by atoms with Crippen molar-refractivity contribution in [3.05, 3.63) is 23.8 Å². The number of hydrogen-bond acceptors (Lipinski definition) is 3. The molecule has 2 saturated carbocycles. The quantitative estimate of drug-likeness (QED) is 0.867. The molecule has 0 unspecified atom stereocenters. The number of ether oxygens (including phenoxy) is 2. The minimum Gasteiger partial charge on any atom is -0.493 e. The van der Waals surface area contributed by atoms with Crippen LogP contribution in [0.5, 0.6) is 11.5 Å². The maximum atomic E-state index is 11.6. The Kier molecular flexibility index (Phi) is 3.32. The summed E-state index contributed by atoms with van der Waals surface area (Å²) in [5, 5.41) is 9.51. The Balaban J connectivity index is 1.87. The smallest absolute Gasteiger partial charge is 0.314 e. The average Bonchev–Trinajstić information content (AvgIpc) is 3.18. The average molecular weight is 276 g/mol. The molecule has 2 fully saturated rings. The van der Waals surface area contributed by atoms with Gasteiger partial charge in [-0.2, -0.15) is 0 Å². The lowest BCUT2D eigenvalue weighted by Gasteiger charge is -2.38. The Hall–Kier alpha value is -1.71. The summed E-state index contributed by atoms with van der Waals surface area (Å²) in [6, 6.07) is 5.53. The zero-order valence-corrected chi connectivity index (χ0v) is 11.7. The summed E-state index contributed by atoms with van der Waals surface area (Å²) >= 11 is 0. The van der Waals surface area contributed by atoms with E-state index in [0.717, 1.165) is 12.0 Å². The number of rotatable bonds is 6. The van der Waals surface area contributed by atoms with E-state index in [1.807, 2.05) is 18.2 Å². The fraction of sp³-hybridized carbons (Fsp3) is 0.562. The van der Waals surface area contributed by atoms with Gasteiger partial charge in [-0.15, -0.1) is 0 Å². The van der Waals surface area contributed by atoms with Gasteiger partial charge in [-0.05, 0) is 49.3 Å². The first kappa shape index (κ1) is 13.3. The molecule has 1 aromatic rings. The van der Waals surface area contributed by atoms with Gasteiger partial charge in [-0.1, -0.05) is 12.5 Å². The predicted octanol–water partition coefficient (Wildman–Crippen LogP) is 2.99. The second-order valence-electron chi connectivity index (χ2n) is 5.86. The van der Waals surface area contributed by atoms with E-state index in [1.165, 1.54) is 12.8 Å². The minimum absolute atomic E-state index is 0.653. The van der Waals surface area contributed by atoms with E-state index in [1.54, 1.807) is 7.11 Å². The summed E-state index contributed by atoms with van der Waals surface area (Å²) in [6.45, 7) is 0.694. The SMILES string of the molecule is COc1ccc(C2(C(=O)O)CCC2)cc1OCC1CC1. The van der Waals surface area contributed by atoms with E-state index in [2.05, 4.69) is 0 Å². The third-order valence-corrected chi connectivity index (χ3v) is 4.50. The van der Waals surface area contributed by atoms with Crippen LogP contribution in [0.1, 0.15) is 37.7 Å². The molecule has 0 saturated heterocycles. The molecule has 20 heavy (non-hydrogen) atoms. The van der Waals surface area contributed by atoms with Crippen molar-refractivity contribution in [1.82, 2.24) is 0 Å². The molecule has 2 aliphatic rings. The van der Waals surface area contributed by atoms with E-state index in [9.17, 15) is 9.90 Å². The van der Waals surface area contributed by atoms with Crippen LogP contribution in [0.3, 0.4) is 0 Å². The molecule has 4 heteroatoms. The van der Waals surface area contributed by atoms with Crippen LogP contribution in [0.25, 0.3) is 0 Å². The molecule has 0 amide bonds. The van der Waals surface area contributed by atoms with Gasteiger partial charge in [0.1, 0.15) is 0 Å². The van der Waals surface area contributed by atoms with Crippen molar-refractivity contribution in [3.8, 4) is 11.5 Å². The normalized spacial score (nSPS) is 20.1. The third kappa shape index (κ3) is 2.23. The van der Waals surface area contributed by atoms with Crippen LogP contribution < -0.4 is 9.47 Å². The van der Waals surface area contributed by atoms with Crippen LogP contribution in [0.2, 0.25) is 0 Å². The van der Waals surface area contributed by atoms with E-state index in [4.69, 9.17) is 9.47 Å². The Morgan fingerprint density at radius 3 is 2.60 bits per heavy atom. The largest absolute Gasteiger partial charge is 0.493 e. The highest BCUT2D eigenvalue weighted by Crippen LogP contribution is 2.46. The molecule has 1 aromatic carbocycles. The Labute approximate surface area is 118 Å². The van der Waals surface area contributed by atoms with Crippen molar-refractivity contribution >= 4 is 5.97 Å². The van der Waals surface area contributed by atoms with Crippen LogP contribution in [-0.4, -0.2) is 24.8 Å². The molecule has 108 valence electrons. The number of methoxy groups -OCH3 is 1. The van der Waals surface area contributed by atoms with Crippen LogP contribution in [0, 0.1) is 5.92 Å². The highest BCUT2D eigenvalue weighted by molar-refractivity contribution is 5.83. The van der Waals surface area contributed by atoms with Gasteiger partial charge in [0.15, 0.2) is 11.5 Å². The standard InChI is InChI=1S/C16H20O4/c1-19-13-6-5-12(16(15(17)18)7-2-8-16)9-14(13)20-10-11-3-4-11/h5-6,9,11H,2-4,7-8,10H2,1H3,(H,17,18). The zero-order chi connectivity index (χ0) is 14.2. The molecule has 0 spiro atoms. The van der Waals surface area contributed by atoms with E-state index < -0.39 is 11.4 Å². The molecule has 1 N–H and O–H groups in total. The van der Waals surface area contributed by atoms with Gasteiger partial charge in [0.25, 0.3) is 0 Å². The predicted molar refractivity (Wildman–Crippen MR) is 74.4 cm³/mol. The molecule has 0 aromatic heterocycles. The lowest BCUT2D eigenvalue weighted by Crippen LogP contribution is -2.42. The van der Waals surface area contributed by atoms with Gasteiger partial charge in [-0.3, -0.25) is 4.79 Å². The maximum Gasteiger partial charge on any atom is 0.314 e. The molecule has 0 heterocycles. The lowest BCUT2D eigenvalue weighted by molar-refractivity contribution is -0.147. The van der Waals surface area contributed by atoms with Crippen LogP contribution in [-0.2, 0) is 10.2 Å². The lowest BCUT2D eigenvalue weighted by atomic mass is 9.64. The first-order chi connectivity index (χ1) is 9.65. The molecule has 3 rings (SSSR count). The van der Waals surface area contributed by atoms with Crippen LogP contribution in [0.4, 0.5) is 0 Å². The van der Waals surface area contributed by atoms with Crippen molar-refractivity contribution in [2.45, 2.75) is 37.5 Å². The molecular weight excluding hydrogens is 256 g/mol. The van der Waals surface area contributed by atoms with Crippen molar-refractivity contribution in [2.24, 2.45) is 5.92 Å². The van der Waals surface area contributed by atoms with Gasteiger partial charge >= 0.3 is 5.97 Å². The first-order valence-electron chi connectivity index (χ1n) is 7.20. The maximum absolute atomic E-state index is 11.6. The summed E-state index contributed by atoms with van der Waals surface area (Å²) in [5.74, 6) is 1.27. The third-order valence-electron chi connectivity index (χ3n) is 4.50. The van der Waals surface area contributed by atoms with Crippen molar-refractivity contribution in [1.29, 1.82) is 0 Å². The fourth-order valence-electron chi connectivity index (χ4n) is 2.74. The van der Waals surface area contributed by atoms with E-state index in [0.29, 0.717) is 36.9 Å². The number of carboxylic acid groups (broad SMARTS) is 1. The van der Waals surface area contributed by atoms with E-state index >= 15 is 0 Å². The van der Waals surface area contributed by atoms with Crippen molar-refractivity contribution < 1.29 is 19.4 Å². The molecular formula is C16H20O4. The van der Waals surface area contributed by atoms with Gasteiger partial charge in [0, 0.05) is 0 Å². The zero-order valence-electron chi connectivity index (χ0n) is 11.7. The highest BCUT2D eigenvalue weighted by Gasteiger charge is 2.46. The molecule has 0 atom stereocenters. The number of carbonyl (C=O) groups is 1. The fourth-order valence-corrected chi connectivity index (χ4v) is 2.74. The second-order valence-corrected chi connectivity index (χ2v) is 5.86. The Morgan fingerprint density at radius 2 is 2.10 bits per heavy atom. The van der Waals surface area contributed by atoms with Gasteiger partial charge in [0.05, 0.1) is 19.1 Å². The van der Waals surface area contributed by atoms with Crippen molar-refractivity contribution in [3.63, 3.8) is 0 Å². The summed E-state index contributed by atoms with van der Waals surface area (Å²) in [5.41, 5.74) is 0.118. The Bertz CT molecular complexity index is 515. The van der Waals surface area contributed by atoms with Crippen molar-refractivity contribution in [2.75, 3.05) is 13.7 Å². The van der Waals surface area contributed by atoms with Crippen LogP contribution in [0.15, 0.2) is 18.2 Å². The summed E-state index contributed by atoms with van der Waals surface area (Å²) in [7, 11) is 1.61. The van der Waals surface area contributed by atoms with Crippen LogP contribution >= 0.6 is 0 Å². The van der Waals surface area contributed by atoms with Gasteiger partial charge < -0.3 is 14.6 Å². The molecule has 0 radical (unpaired) electrons. The number of benzene rings is 1. The Morgan fingerprint density at radius 1 is 1.35 bits per heavy atom. The number of carboxylic acids is 1. The second kappa shape index (κ2) is 5.00. The summed E-state index contributed by atoms with van der Waals surface area (Å²) in [4.78, 5) is 11.6. The number of hydrogen-bond donors (Lipinski definition) is 1. The minimum atomic E-state index is -0.734. The highest BCUT2D eigenvalue weighted by atomic mass is 16.5. The molecule has 0 aliphatic heterocycles. The monoisotopic (exact) mass is 276 g/mol. The molecule has 0 bridgehead atoms. The molecule has 2 aliphatic carbocycles. The van der Waals surface area contributed by atoms with Gasteiger partial charge in [-0.25, -0.2) is 0 Å². The van der Waals surface area contributed by atoms with E-state index in [-0.39, 0.29) is 0 Å². The number of aliphatic carboxylic acids is 1. The summed E-state index contributed by atoms with van der Waals surface area (Å²) in [6.07, 6.45) is 4.83. The first-order valence-corrected chi connectivity index (χ1v) is 7.20. The molecule has 4 nitrogen and oxygen atoms in total. The topological polar surface area (TPSA) is 55.8 Å².